The van der Waals surface area contributed by atoms with Crippen LogP contribution in [0.1, 0.15) is 119 Å². The predicted octanol–water partition coefficient (Wildman–Crippen LogP) is 9.82. The molecule has 4 amide bonds. The van der Waals surface area contributed by atoms with Crippen LogP contribution in [0.5, 0.6) is 5.75 Å². The lowest BCUT2D eigenvalue weighted by atomic mass is 9.82. The third-order valence-corrected chi connectivity index (χ3v) is 16.7. The molecular weight excluding hydrogens is 966 g/mol. The van der Waals surface area contributed by atoms with Gasteiger partial charge in [-0.1, -0.05) is 19.9 Å². The first kappa shape index (κ1) is 49.5. The average molecular weight is 1030 g/mol. The van der Waals surface area contributed by atoms with Crippen LogP contribution in [0.4, 0.5) is 14.0 Å². The van der Waals surface area contributed by atoms with E-state index in [1.807, 2.05) is 56.9 Å². The van der Waals surface area contributed by atoms with Crippen molar-refractivity contribution in [1.82, 2.24) is 44.9 Å². The summed E-state index contributed by atoms with van der Waals surface area (Å²) in [5, 5.41) is 6.45. The SMILES string of the molecule is COC(=O)NC(C(=O)N1CCC[C@H]1c1ncc(-c2ccc3c(c2)cc2n3C(c3ccc(CC4CC4)s3)Oc3cc(-c4cnc([C@@H]5CCCN5C(=O)[C@@H](NC(=O)OC)C(C)C)[nH]4)cc(F)c3-2)[nH]1)C1CCOC(C)(C)C1. The fourth-order valence-electron chi connectivity index (χ4n) is 11.7. The highest BCUT2D eigenvalue weighted by Gasteiger charge is 2.44. The zero-order valence-corrected chi connectivity index (χ0v) is 43.5. The maximum Gasteiger partial charge on any atom is 0.407 e. The van der Waals surface area contributed by atoms with Gasteiger partial charge in [0.25, 0.3) is 0 Å². The highest BCUT2D eigenvalue weighted by atomic mass is 32.1. The number of carbonyl (C=O) groups is 4. The molecule has 11 rings (SSSR count). The molecule has 4 aliphatic heterocycles. The predicted molar refractivity (Wildman–Crippen MR) is 276 cm³/mol. The third kappa shape index (κ3) is 9.52. The van der Waals surface area contributed by atoms with Gasteiger partial charge in [-0.15, -0.1) is 11.3 Å². The van der Waals surface area contributed by atoms with Gasteiger partial charge in [-0.05, 0) is 132 Å². The molecule has 4 fully saturated rings. The lowest BCUT2D eigenvalue weighted by Gasteiger charge is -2.40. The molecule has 74 heavy (non-hydrogen) atoms. The van der Waals surface area contributed by atoms with Gasteiger partial charge in [0.1, 0.15) is 35.3 Å². The number of imidazole rings is 2. The number of halogens is 1. The average Bonchev–Trinajstić information content (AvgIpc) is 4.13. The van der Waals surface area contributed by atoms with E-state index in [0.29, 0.717) is 91.2 Å². The van der Waals surface area contributed by atoms with Crippen molar-refractivity contribution in [1.29, 1.82) is 0 Å². The summed E-state index contributed by atoms with van der Waals surface area (Å²) in [5.41, 5.74) is 4.26. The van der Waals surface area contributed by atoms with Crippen molar-refractivity contribution in [2.45, 2.75) is 121 Å². The summed E-state index contributed by atoms with van der Waals surface area (Å²) in [6, 6.07) is 13.6. The van der Waals surface area contributed by atoms with Gasteiger partial charge in [0.2, 0.25) is 18.0 Å². The number of fused-ring (bicyclic) bond motifs is 5. The summed E-state index contributed by atoms with van der Waals surface area (Å²) in [6.45, 7) is 9.30. The number of rotatable bonds is 13. The number of thiophene rings is 1. The number of amides is 4. The van der Waals surface area contributed by atoms with Crippen molar-refractivity contribution in [2.24, 2.45) is 17.8 Å². The Balaban J connectivity index is 0.895. The number of hydrogen-bond acceptors (Lipinski definition) is 11. The van der Waals surface area contributed by atoms with Crippen LogP contribution in [0, 0.1) is 23.6 Å². The van der Waals surface area contributed by atoms with Crippen LogP contribution < -0.4 is 15.4 Å². The standard InChI is InChI=1S/C55H64FN9O8S/c1-29(2)46(61-53(68)70-5)50(66)63-18-7-9-40(63)49-58-28-38(60-49)33-23-36(56)45-42-24-34-22-31(13-15-39(34)65(42)52(73-43(45)25-33)44-16-14-35(74-44)21-30-11-12-30)37-27-57-48(59-37)41-10-8-19-64(41)51(67)47(62-54(69)71-6)32-17-20-72-55(3,4)26-32/h13-16,22-25,27-30,32,40-41,46-47,52H,7-12,17-21,26H2,1-6H3,(H,57,59)(H,58,60)(H,61,68)(H,62,69)/t32?,40-,41-,46-,47?,52?/m0/s1. The Hall–Kier alpha value is -6.73. The first-order valence-corrected chi connectivity index (χ1v) is 26.8. The Morgan fingerprint density at radius 2 is 1.51 bits per heavy atom. The molecule has 19 heteroatoms. The van der Waals surface area contributed by atoms with Gasteiger partial charge in [0, 0.05) is 41.1 Å². The fraction of sp³-hybridized carbons (Fsp3) is 0.491. The topological polar surface area (TPSA) is 198 Å². The Kier molecular flexibility index (Phi) is 13.3. The van der Waals surface area contributed by atoms with Gasteiger partial charge in [-0.25, -0.2) is 23.9 Å². The van der Waals surface area contributed by atoms with Crippen molar-refractivity contribution < 1.29 is 42.5 Å². The second-order valence-corrected chi connectivity index (χ2v) is 22.7. The van der Waals surface area contributed by atoms with Crippen LogP contribution in [-0.2, 0) is 30.2 Å². The lowest BCUT2D eigenvalue weighted by molar-refractivity contribution is -0.139. The van der Waals surface area contributed by atoms with Gasteiger partial charge < -0.3 is 49.3 Å². The number of nitrogens with zero attached hydrogens (tertiary/aromatic N) is 5. The summed E-state index contributed by atoms with van der Waals surface area (Å²) < 4.78 is 41.8. The van der Waals surface area contributed by atoms with E-state index in [4.69, 9.17) is 28.9 Å². The quantitative estimate of drug-likeness (QED) is 0.0864. The number of hydrogen-bond donors (Lipinski definition) is 4. The first-order valence-electron chi connectivity index (χ1n) is 26.0. The zero-order valence-electron chi connectivity index (χ0n) is 42.7. The molecule has 1 saturated carbocycles. The Bertz CT molecular complexity index is 3120. The van der Waals surface area contributed by atoms with Crippen molar-refractivity contribution >= 4 is 46.2 Å². The van der Waals surface area contributed by atoms with E-state index in [-0.39, 0.29) is 35.7 Å². The molecule has 3 unspecified atom stereocenters. The maximum atomic E-state index is 17.0. The van der Waals surface area contributed by atoms with Gasteiger partial charge in [-0.2, -0.15) is 0 Å². The number of ether oxygens (including phenoxy) is 4. The summed E-state index contributed by atoms with van der Waals surface area (Å²) in [6.07, 6.45) is 9.27. The first-order chi connectivity index (χ1) is 35.7. The van der Waals surface area contributed by atoms with E-state index in [2.05, 4.69) is 43.4 Å². The van der Waals surface area contributed by atoms with E-state index in [1.54, 1.807) is 28.6 Å². The highest BCUT2D eigenvalue weighted by Crippen LogP contribution is 2.49. The second kappa shape index (κ2) is 19.8. The number of nitrogens with one attached hydrogen (secondary N) is 4. The number of methoxy groups -OCH3 is 2. The molecule has 6 atom stereocenters. The van der Waals surface area contributed by atoms with Crippen molar-refractivity contribution in [2.75, 3.05) is 33.9 Å². The van der Waals surface area contributed by atoms with Gasteiger partial charge in [0.05, 0.1) is 77.3 Å². The normalized spacial score (nSPS) is 22.0. The molecular formula is C55H64FN9O8S. The number of aromatic nitrogens is 5. The molecule has 2 aromatic carbocycles. The van der Waals surface area contributed by atoms with Crippen molar-refractivity contribution in [3.63, 3.8) is 0 Å². The summed E-state index contributed by atoms with van der Waals surface area (Å²) in [7, 11) is 2.58. The minimum absolute atomic E-state index is 0.128. The van der Waals surface area contributed by atoms with Crippen LogP contribution in [0.2, 0.25) is 0 Å². The number of likely N-dealkylation sites (tertiary alicyclic amines) is 2. The zero-order chi connectivity index (χ0) is 51.6. The van der Waals surface area contributed by atoms with Crippen LogP contribution in [0.3, 0.4) is 0 Å². The fourth-order valence-corrected chi connectivity index (χ4v) is 12.8. The minimum atomic E-state index is -0.773. The van der Waals surface area contributed by atoms with Gasteiger partial charge >= 0.3 is 12.2 Å². The molecule has 6 aromatic rings. The largest absolute Gasteiger partial charge is 0.464 e. The van der Waals surface area contributed by atoms with E-state index in [9.17, 15) is 19.2 Å². The van der Waals surface area contributed by atoms with Crippen molar-refractivity contribution in [3.05, 3.63) is 88.1 Å². The number of carbonyl (C=O) groups excluding carboxylic acids is 4. The van der Waals surface area contributed by atoms with Gasteiger partial charge in [0.15, 0.2) is 0 Å². The molecule has 4 N–H and O–H groups in total. The van der Waals surface area contributed by atoms with Crippen LogP contribution in [-0.4, -0.2) is 110 Å². The Morgan fingerprint density at radius 1 is 0.838 bits per heavy atom. The van der Waals surface area contributed by atoms with E-state index in [0.717, 1.165) is 46.3 Å². The summed E-state index contributed by atoms with van der Waals surface area (Å²) >= 11 is 1.73. The Morgan fingerprint density at radius 3 is 2.18 bits per heavy atom. The minimum Gasteiger partial charge on any atom is -0.464 e. The Labute approximate surface area is 432 Å². The maximum absolute atomic E-state index is 17.0. The molecule has 17 nitrogen and oxygen atoms in total. The number of H-pyrrole nitrogens is 2. The highest BCUT2D eigenvalue weighted by molar-refractivity contribution is 7.12. The lowest BCUT2D eigenvalue weighted by Crippen LogP contribution is -2.54. The molecule has 8 heterocycles. The second-order valence-electron chi connectivity index (χ2n) is 21.5. The summed E-state index contributed by atoms with van der Waals surface area (Å²) in [4.78, 5) is 75.5. The number of alkyl carbamates (subject to hydrolysis) is 2. The smallest absolute Gasteiger partial charge is 0.407 e. The molecule has 0 bridgehead atoms. The van der Waals surface area contributed by atoms with E-state index < -0.39 is 41.9 Å². The third-order valence-electron chi connectivity index (χ3n) is 15.6. The van der Waals surface area contributed by atoms with Gasteiger partial charge in [-0.3, -0.25) is 14.2 Å². The van der Waals surface area contributed by atoms with Crippen LogP contribution in [0.25, 0.3) is 44.7 Å². The van der Waals surface area contributed by atoms with E-state index >= 15 is 4.39 Å². The monoisotopic (exact) mass is 1030 g/mol. The molecule has 4 aromatic heterocycles. The van der Waals surface area contributed by atoms with E-state index in [1.165, 1.54) is 38.0 Å². The molecule has 390 valence electrons. The van der Waals surface area contributed by atoms with Crippen LogP contribution >= 0.6 is 11.3 Å². The molecule has 0 radical (unpaired) electrons. The number of aromatic amines is 2. The molecule has 0 spiro atoms. The summed E-state index contributed by atoms with van der Waals surface area (Å²) in [5.74, 6) is 1.22. The molecule has 5 aliphatic rings. The molecule has 1 aliphatic carbocycles. The van der Waals surface area contributed by atoms with Crippen molar-refractivity contribution in [3.8, 4) is 39.5 Å². The number of benzene rings is 2. The van der Waals surface area contributed by atoms with Crippen LogP contribution in [0.15, 0.2) is 60.9 Å². The molecule has 3 saturated heterocycles.